The van der Waals surface area contributed by atoms with Crippen molar-refractivity contribution in [1.29, 1.82) is 0 Å². The summed E-state index contributed by atoms with van der Waals surface area (Å²) < 4.78 is 50.1. The van der Waals surface area contributed by atoms with Gasteiger partial charge in [-0.05, 0) is 38.4 Å². The van der Waals surface area contributed by atoms with Crippen LogP contribution in [0.25, 0.3) is 0 Å². The molecule has 2 atom stereocenters. The molecule has 1 amide bonds. The molecule has 0 aromatic rings. The number of carbonyl (C=O) groups excluding carboxylic acids is 1. The minimum absolute atomic E-state index is 0.0633. The minimum atomic E-state index is -5.01. The van der Waals surface area contributed by atoms with Crippen LogP contribution in [0.4, 0.5) is 17.7 Å². The standard InChI is InChI=1S/C12H20BF3NO3/c1-11(2,3)20-10(18)17-6-9(13(14,15)16)12(7-17)4-5-19-8-12/h9H,4-8H2,1-3H3/q-1. The van der Waals surface area contributed by atoms with E-state index in [9.17, 15) is 17.7 Å². The van der Waals surface area contributed by atoms with Crippen molar-refractivity contribution in [3.8, 4) is 0 Å². The van der Waals surface area contributed by atoms with Gasteiger partial charge in [-0.25, -0.2) is 4.79 Å². The summed E-state index contributed by atoms with van der Waals surface area (Å²) in [5, 5.41) is 0. The number of amides is 1. The third-order valence-electron chi connectivity index (χ3n) is 3.95. The predicted molar refractivity (Wildman–Crippen MR) is 68.5 cm³/mol. The molecule has 0 saturated carbocycles. The predicted octanol–water partition coefficient (Wildman–Crippen LogP) is 2.86. The quantitative estimate of drug-likeness (QED) is 0.698. The molecule has 0 aromatic carbocycles. The van der Waals surface area contributed by atoms with Gasteiger partial charge in [-0.15, -0.1) is 0 Å². The van der Waals surface area contributed by atoms with E-state index in [4.69, 9.17) is 9.47 Å². The summed E-state index contributed by atoms with van der Waals surface area (Å²) in [5.74, 6) is -1.47. The van der Waals surface area contributed by atoms with E-state index >= 15 is 0 Å². The number of carbonyl (C=O) groups is 1. The van der Waals surface area contributed by atoms with Crippen LogP contribution in [-0.2, 0) is 9.47 Å². The van der Waals surface area contributed by atoms with Gasteiger partial charge in [0.05, 0.1) is 6.61 Å². The lowest BCUT2D eigenvalue weighted by molar-refractivity contribution is 0.0269. The summed E-state index contributed by atoms with van der Waals surface area (Å²) in [4.78, 5) is 13.2. The smallest absolute Gasteiger partial charge is 0.449 e. The van der Waals surface area contributed by atoms with Gasteiger partial charge in [0, 0.05) is 19.7 Å². The molecule has 2 saturated heterocycles. The number of likely N-dealkylation sites (tertiary alicyclic amines) is 1. The van der Waals surface area contributed by atoms with Gasteiger partial charge in [0.2, 0.25) is 0 Å². The largest absolute Gasteiger partial charge is 0.483 e. The van der Waals surface area contributed by atoms with Crippen molar-refractivity contribution in [3.05, 3.63) is 0 Å². The SMILES string of the molecule is CC(C)(C)OC(=O)N1CC([B-](F)(F)F)C2(CCOC2)C1. The summed E-state index contributed by atoms with van der Waals surface area (Å²) >= 11 is 0. The second kappa shape index (κ2) is 4.82. The molecule has 2 aliphatic heterocycles. The topological polar surface area (TPSA) is 38.8 Å². The lowest BCUT2D eigenvalue weighted by Gasteiger charge is -2.34. The molecular weight excluding hydrogens is 274 g/mol. The van der Waals surface area contributed by atoms with Crippen molar-refractivity contribution in [2.24, 2.45) is 5.41 Å². The molecule has 0 aliphatic carbocycles. The third kappa shape index (κ3) is 3.05. The third-order valence-corrected chi connectivity index (χ3v) is 3.95. The first-order chi connectivity index (χ1) is 9.04. The van der Waals surface area contributed by atoms with Crippen molar-refractivity contribution in [3.63, 3.8) is 0 Å². The maximum absolute atomic E-state index is 13.3. The lowest BCUT2D eigenvalue weighted by Crippen LogP contribution is -2.38. The van der Waals surface area contributed by atoms with Gasteiger partial charge in [0.15, 0.2) is 0 Å². The zero-order valence-electron chi connectivity index (χ0n) is 12.0. The van der Waals surface area contributed by atoms with Crippen molar-refractivity contribution >= 4 is 13.1 Å². The van der Waals surface area contributed by atoms with Crippen LogP contribution in [0.15, 0.2) is 0 Å². The molecule has 2 aliphatic rings. The number of hydrogen-bond donors (Lipinski definition) is 0. The molecule has 2 fully saturated rings. The second-order valence-corrected chi connectivity index (χ2v) is 6.76. The van der Waals surface area contributed by atoms with E-state index in [1.807, 2.05) is 0 Å². The Morgan fingerprint density at radius 2 is 2.05 bits per heavy atom. The Balaban J connectivity index is 2.14. The van der Waals surface area contributed by atoms with E-state index in [-0.39, 0.29) is 19.7 Å². The zero-order valence-corrected chi connectivity index (χ0v) is 12.0. The molecule has 1 spiro atoms. The molecule has 116 valence electrons. The fourth-order valence-corrected chi connectivity index (χ4v) is 3.02. The van der Waals surface area contributed by atoms with Crippen molar-refractivity contribution in [2.45, 2.75) is 38.6 Å². The van der Waals surface area contributed by atoms with Crippen molar-refractivity contribution in [1.82, 2.24) is 4.90 Å². The van der Waals surface area contributed by atoms with Crippen LogP contribution in [0, 0.1) is 5.41 Å². The van der Waals surface area contributed by atoms with E-state index < -0.39 is 29.9 Å². The summed E-state index contributed by atoms with van der Waals surface area (Å²) in [6.07, 6.45) is -0.329. The van der Waals surface area contributed by atoms with E-state index in [1.165, 1.54) is 4.90 Å². The van der Waals surface area contributed by atoms with Gasteiger partial charge in [0.1, 0.15) is 5.60 Å². The molecule has 2 rings (SSSR count). The second-order valence-electron chi connectivity index (χ2n) is 6.76. The maximum Gasteiger partial charge on any atom is 0.483 e. The Hall–Kier alpha value is -0.915. The fourth-order valence-electron chi connectivity index (χ4n) is 3.02. The number of rotatable bonds is 1. The fraction of sp³-hybridized carbons (Fsp3) is 0.917. The van der Waals surface area contributed by atoms with Gasteiger partial charge in [-0.2, -0.15) is 0 Å². The summed E-state index contributed by atoms with van der Waals surface area (Å²) in [6, 6.07) is 0. The molecule has 2 heterocycles. The molecule has 0 N–H and O–H groups in total. The van der Waals surface area contributed by atoms with Crippen molar-refractivity contribution < 1.29 is 27.2 Å². The molecule has 20 heavy (non-hydrogen) atoms. The van der Waals surface area contributed by atoms with Gasteiger partial charge in [0.25, 0.3) is 0 Å². The van der Waals surface area contributed by atoms with Gasteiger partial charge < -0.3 is 27.3 Å². The summed E-state index contributed by atoms with van der Waals surface area (Å²) in [7, 11) is 0. The van der Waals surface area contributed by atoms with E-state index in [0.29, 0.717) is 13.0 Å². The highest BCUT2D eigenvalue weighted by Gasteiger charge is 2.57. The van der Waals surface area contributed by atoms with Crippen LogP contribution in [0.2, 0.25) is 5.82 Å². The zero-order chi connectivity index (χ0) is 15.2. The average molecular weight is 294 g/mol. The molecule has 0 bridgehead atoms. The summed E-state index contributed by atoms with van der Waals surface area (Å²) in [6.45, 7) is 0.215. The molecule has 0 radical (unpaired) electrons. The van der Waals surface area contributed by atoms with E-state index in [1.54, 1.807) is 20.8 Å². The molecule has 4 nitrogen and oxygen atoms in total. The molecule has 8 heteroatoms. The lowest BCUT2D eigenvalue weighted by atomic mass is 9.59. The first-order valence-corrected chi connectivity index (χ1v) is 6.79. The van der Waals surface area contributed by atoms with E-state index in [2.05, 4.69) is 0 Å². The average Bonchev–Trinajstić information content (AvgIpc) is 2.83. The van der Waals surface area contributed by atoms with Crippen LogP contribution in [0.5, 0.6) is 0 Å². The van der Waals surface area contributed by atoms with Gasteiger partial charge in [-0.1, -0.05) is 0 Å². The molecule has 0 aromatic heterocycles. The number of ether oxygens (including phenoxy) is 2. The first-order valence-electron chi connectivity index (χ1n) is 6.79. The van der Waals surface area contributed by atoms with E-state index in [0.717, 1.165) is 0 Å². The van der Waals surface area contributed by atoms with Gasteiger partial charge in [-0.3, -0.25) is 0 Å². The monoisotopic (exact) mass is 294 g/mol. The highest BCUT2D eigenvalue weighted by molar-refractivity contribution is 6.60. The normalized spacial score (nSPS) is 31.1. The Labute approximate surface area is 116 Å². The number of nitrogens with zero attached hydrogens (tertiary/aromatic N) is 1. The number of hydrogen-bond acceptors (Lipinski definition) is 3. The van der Waals surface area contributed by atoms with Crippen LogP contribution in [-0.4, -0.2) is 49.9 Å². The van der Waals surface area contributed by atoms with Crippen LogP contribution in [0.3, 0.4) is 0 Å². The van der Waals surface area contributed by atoms with Crippen molar-refractivity contribution in [2.75, 3.05) is 26.3 Å². The Bertz CT molecular complexity index is 388. The maximum atomic E-state index is 13.3. The van der Waals surface area contributed by atoms with Crippen LogP contribution < -0.4 is 0 Å². The first kappa shape index (κ1) is 15.5. The van der Waals surface area contributed by atoms with Gasteiger partial charge >= 0.3 is 13.1 Å². The number of halogens is 3. The highest BCUT2D eigenvalue weighted by Crippen LogP contribution is 2.52. The van der Waals surface area contributed by atoms with Crippen LogP contribution >= 0.6 is 0 Å². The Morgan fingerprint density at radius 1 is 1.40 bits per heavy atom. The van der Waals surface area contributed by atoms with Crippen LogP contribution in [0.1, 0.15) is 27.2 Å². The Kier molecular flexibility index (Phi) is 3.73. The highest BCUT2D eigenvalue weighted by atomic mass is 19.4. The summed E-state index contributed by atoms with van der Waals surface area (Å²) in [5.41, 5.74) is -1.69. The Morgan fingerprint density at radius 3 is 2.50 bits per heavy atom. The molecule has 2 unspecified atom stereocenters. The minimum Gasteiger partial charge on any atom is -0.449 e. The molecular formula is C12H20BF3NO3-.